The number of rotatable bonds is 9. The van der Waals surface area contributed by atoms with Crippen LogP contribution in [0.3, 0.4) is 0 Å². The van der Waals surface area contributed by atoms with Crippen LogP contribution in [-0.2, 0) is 10.0 Å². The highest BCUT2D eigenvalue weighted by Crippen LogP contribution is 2.32. The van der Waals surface area contributed by atoms with Crippen molar-refractivity contribution < 1.29 is 27.1 Å². The van der Waals surface area contributed by atoms with Gasteiger partial charge in [0, 0.05) is 11.6 Å². The Labute approximate surface area is 202 Å². The van der Waals surface area contributed by atoms with Gasteiger partial charge in [-0.3, -0.25) is 4.79 Å². The first-order chi connectivity index (χ1) is 16.6. The molecule has 0 spiro atoms. The standard InChI is InChI=1S/C24H25FN4O5S/c1-14(2)13-33-18-11-15(10-16(25)12-18)20-9-8-19(24(27-20)34-17-6-7-17)23(30)29-35(31,32)22-5-3-4-21(26)28-22/h3-5,8-12,14,17H,6-7,13H2,1-2H3,(H2,26,28)(H,29,30). The van der Waals surface area contributed by atoms with Crippen molar-refractivity contribution in [1.82, 2.24) is 14.7 Å². The quantitative estimate of drug-likeness (QED) is 0.456. The predicted molar refractivity (Wildman–Crippen MR) is 127 cm³/mol. The Morgan fingerprint density at radius 2 is 1.94 bits per heavy atom. The lowest BCUT2D eigenvalue weighted by Gasteiger charge is -2.13. The fourth-order valence-electron chi connectivity index (χ4n) is 3.07. The number of carbonyl (C=O) groups is 1. The summed E-state index contributed by atoms with van der Waals surface area (Å²) in [6, 6.07) is 11.2. The maximum Gasteiger partial charge on any atom is 0.281 e. The largest absolute Gasteiger partial charge is 0.493 e. The molecule has 0 unspecified atom stereocenters. The number of amides is 1. The second-order valence-corrected chi connectivity index (χ2v) is 10.2. The van der Waals surface area contributed by atoms with E-state index in [-0.39, 0.29) is 29.3 Å². The van der Waals surface area contributed by atoms with Crippen LogP contribution < -0.4 is 19.9 Å². The molecule has 184 valence electrons. The van der Waals surface area contributed by atoms with E-state index in [1.165, 1.54) is 42.5 Å². The number of benzene rings is 1. The minimum atomic E-state index is -4.29. The monoisotopic (exact) mass is 500 g/mol. The summed E-state index contributed by atoms with van der Waals surface area (Å²) in [4.78, 5) is 21.0. The molecule has 2 heterocycles. The van der Waals surface area contributed by atoms with Crippen molar-refractivity contribution in [2.45, 2.75) is 37.8 Å². The summed E-state index contributed by atoms with van der Waals surface area (Å²) in [6.45, 7) is 4.38. The molecule has 4 rings (SSSR count). The van der Waals surface area contributed by atoms with E-state index in [1.807, 2.05) is 18.6 Å². The third-order valence-corrected chi connectivity index (χ3v) is 6.14. The molecule has 35 heavy (non-hydrogen) atoms. The Hall–Kier alpha value is -3.73. The molecule has 0 radical (unpaired) electrons. The van der Waals surface area contributed by atoms with E-state index < -0.39 is 26.8 Å². The smallest absolute Gasteiger partial charge is 0.281 e. The SMILES string of the molecule is CC(C)COc1cc(F)cc(-c2ccc(C(=O)NS(=O)(=O)c3cccc(N)n3)c(OC3CC3)n2)c1. The van der Waals surface area contributed by atoms with Crippen molar-refractivity contribution in [3.8, 4) is 22.9 Å². The van der Waals surface area contributed by atoms with Crippen molar-refractivity contribution in [3.05, 3.63) is 59.9 Å². The molecule has 3 aromatic rings. The zero-order valence-electron chi connectivity index (χ0n) is 19.2. The number of nitrogens with one attached hydrogen (secondary N) is 1. The van der Waals surface area contributed by atoms with Crippen LogP contribution in [0.1, 0.15) is 37.0 Å². The summed E-state index contributed by atoms with van der Waals surface area (Å²) in [6.07, 6.45) is 1.44. The van der Waals surface area contributed by atoms with Gasteiger partial charge in [-0.2, -0.15) is 8.42 Å². The van der Waals surface area contributed by atoms with Crippen LogP contribution in [0.4, 0.5) is 10.2 Å². The summed E-state index contributed by atoms with van der Waals surface area (Å²) in [7, 11) is -4.29. The summed E-state index contributed by atoms with van der Waals surface area (Å²) >= 11 is 0. The Bertz CT molecular complexity index is 1360. The van der Waals surface area contributed by atoms with Gasteiger partial charge in [0.1, 0.15) is 29.1 Å². The number of nitrogens with zero attached hydrogens (tertiary/aromatic N) is 2. The van der Waals surface area contributed by atoms with Gasteiger partial charge in [-0.15, -0.1) is 0 Å². The van der Waals surface area contributed by atoms with E-state index in [4.69, 9.17) is 15.2 Å². The number of hydrogen-bond donors (Lipinski definition) is 2. The molecule has 1 saturated carbocycles. The summed E-state index contributed by atoms with van der Waals surface area (Å²) in [5.74, 6) is -0.889. The molecule has 9 nitrogen and oxygen atoms in total. The van der Waals surface area contributed by atoms with Gasteiger partial charge in [0.05, 0.1) is 12.3 Å². The van der Waals surface area contributed by atoms with Crippen LogP contribution in [0.15, 0.2) is 53.6 Å². The molecule has 11 heteroatoms. The number of sulfonamides is 1. The number of pyridine rings is 2. The maximum atomic E-state index is 14.3. The van der Waals surface area contributed by atoms with E-state index in [0.29, 0.717) is 23.6 Å². The number of carbonyl (C=O) groups excluding carboxylic acids is 1. The van der Waals surface area contributed by atoms with E-state index in [0.717, 1.165) is 12.8 Å². The van der Waals surface area contributed by atoms with Gasteiger partial charge >= 0.3 is 0 Å². The van der Waals surface area contributed by atoms with Crippen LogP contribution >= 0.6 is 0 Å². The average Bonchev–Trinajstić information content (AvgIpc) is 3.61. The third-order valence-electron chi connectivity index (χ3n) is 4.91. The Morgan fingerprint density at radius 1 is 1.17 bits per heavy atom. The lowest BCUT2D eigenvalue weighted by molar-refractivity contribution is 0.0976. The molecule has 1 aliphatic rings. The van der Waals surface area contributed by atoms with E-state index >= 15 is 0 Å². The molecule has 1 amide bonds. The average molecular weight is 501 g/mol. The highest BCUT2D eigenvalue weighted by molar-refractivity contribution is 7.90. The van der Waals surface area contributed by atoms with Gasteiger partial charge in [-0.1, -0.05) is 19.9 Å². The van der Waals surface area contributed by atoms with Crippen LogP contribution in [0, 0.1) is 11.7 Å². The topological polar surface area (TPSA) is 134 Å². The molecule has 1 aliphatic carbocycles. The maximum absolute atomic E-state index is 14.3. The number of anilines is 1. The number of halogens is 1. The van der Waals surface area contributed by atoms with Gasteiger partial charge in [0.2, 0.25) is 5.88 Å². The van der Waals surface area contributed by atoms with Crippen molar-refractivity contribution in [3.63, 3.8) is 0 Å². The predicted octanol–water partition coefficient (Wildman–Crippen LogP) is 3.56. The Kier molecular flexibility index (Phi) is 6.88. The number of nitrogen functional groups attached to an aromatic ring is 1. The van der Waals surface area contributed by atoms with E-state index in [9.17, 15) is 17.6 Å². The minimum Gasteiger partial charge on any atom is -0.493 e. The lowest BCUT2D eigenvalue weighted by Crippen LogP contribution is -2.31. The van der Waals surface area contributed by atoms with Crippen LogP contribution in [-0.4, -0.2) is 37.0 Å². The molecule has 3 N–H and O–H groups in total. The van der Waals surface area contributed by atoms with Gasteiger partial charge in [-0.05, 0) is 55.2 Å². The molecular formula is C24H25FN4O5S. The Morgan fingerprint density at radius 3 is 2.63 bits per heavy atom. The van der Waals surface area contributed by atoms with Crippen molar-refractivity contribution >= 4 is 21.7 Å². The first-order valence-corrected chi connectivity index (χ1v) is 12.5. The van der Waals surface area contributed by atoms with Gasteiger partial charge < -0.3 is 15.2 Å². The number of nitrogens with two attached hydrogens (primary N) is 1. The normalized spacial score (nSPS) is 13.5. The lowest BCUT2D eigenvalue weighted by atomic mass is 10.1. The number of aromatic nitrogens is 2. The summed E-state index contributed by atoms with van der Waals surface area (Å²) in [5, 5.41) is -0.395. The van der Waals surface area contributed by atoms with Crippen molar-refractivity contribution in [2.24, 2.45) is 5.92 Å². The zero-order chi connectivity index (χ0) is 25.2. The molecule has 0 atom stereocenters. The number of ether oxygens (including phenoxy) is 2. The summed E-state index contributed by atoms with van der Waals surface area (Å²) < 4.78 is 52.9. The molecule has 0 aliphatic heterocycles. The first kappa shape index (κ1) is 24.4. The first-order valence-electron chi connectivity index (χ1n) is 11.0. The highest BCUT2D eigenvalue weighted by Gasteiger charge is 2.29. The van der Waals surface area contributed by atoms with E-state index in [2.05, 4.69) is 9.97 Å². The fraction of sp³-hybridized carbons (Fsp3) is 0.292. The van der Waals surface area contributed by atoms with Gasteiger partial charge in [0.25, 0.3) is 15.9 Å². The van der Waals surface area contributed by atoms with Crippen LogP contribution in [0.2, 0.25) is 0 Å². The van der Waals surface area contributed by atoms with Gasteiger partial charge in [-0.25, -0.2) is 19.1 Å². The van der Waals surface area contributed by atoms with Crippen LogP contribution in [0.5, 0.6) is 11.6 Å². The van der Waals surface area contributed by atoms with Gasteiger partial charge in [0.15, 0.2) is 5.03 Å². The van der Waals surface area contributed by atoms with E-state index in [1.54, 1.807) is 6.07 Å². The van der Waals surface area contributed by atoms with Crippen molar-refractivity contribution in [1.29, 1.82) is 0 Å². The third kappa shape index (κ3) is 6.24. The van der Waals surface area contributed by atoms with Crippen LogP contribution in [0.25, 0.3) is 11.3 Å². The second-order valence-electron chi connectivity index (χ2n) is 8.58. The molecule has 0 saturated heterocycles. The second kappa shape index (κ2) is 9.87. The molecular weight excluding hydrogens is 475 g/mol. The summed E-state index contributed by atoms with van der Waals surface area (Å²) in [5.41, 5.74) is 6.24. The zero-order valence-corrected chi connectivity index (χ0v) is 20.0. The molecule has 1 aromatic carbocycles. The Balaban J connectivity index is 1.64. The molecule has 0 bridgehead atoms. The highest BCUT2D eigenvalue weighted by atomic mass is 32.2. The minimum absolute atomic E-state index is 0.00376. The fourth-order valence-corrected chi connectivity index (χ4v) is 4.02. The molecule has 1 fully saturated rings. The number of hydrogen-bond acceptors (Lipinski definition) is 8. The molecule has 2 aromatic heterocycles. The van der Waals surface area contributed by atoms with Crippen molar-refractivity contribution in [2.75, 3.05) is 12.3 Å².